The Morgan fingerprint density at radius 2 is 1.58 bits per heavy atom. The van der Waals surface area contributed by atoms with Gasteiger partial charge in [0.25, 0.3) is 0 Å². The minimum atomic E-state index is -1.18. The molecular weight excluding hydrogens is 257 g/mol. The number of carbonyl (C=O) groups is 1. The first-order valence-corrected chi connectivity index (χ1v) is 5.43. The third-order valence-corrected chi connectivity index (χ3v) is 2.41. The molecule has 0 bridgehead atoms. The molecule has 0 aliphatic rings. The van der Waals surface area contributed by atoms with Crippen molar-refractivity contribution in [1.29, 1.82) is 0 Å². The molecule has 2 aromatic rings. The van der Waals surface area contributed by atoms with E-state index in [4.69, 9.17) is 4.74 Å². The van der Waals surface area contributed by atoms with Gasteiger partial charge in [0.05, 0.1) is 0 Å². The summed E-state index contributed by atoms with van der Waals surface area (Å²) in [7, 11) is 0. The largest absolute Gasteiger partial charge is 0.479 e. The van der Waals surface area contributed by atoms with E-state index in [9.17, 15) is 18.0 Å². The molecule has 0 N–H and O–H groups in total. The Hall–Kier alpha value is -2.30. The molecule has 2 aromatic carbocycles. The molecular formula is C14H9F3O2. The molecule has 0 amide bonds. The maximum atomic E-state index is 13.2. The average molecular weight is 266 g/mol. The van der Waals surface area contributed by atoms with Gasteiger partial charge in [-0.3, -0.25) is 4.79 Å². The Morgan fingerprint density at radius 1 is 1.00 bits per heavy atom. The number of rotatable bonds is 4. The van der Waals surface area contributed by atoms with Gasteiger partial charge in [0.1, 0.15) is 5.82 Å². The number of ether oxygens (including phenoxy) is 1. The molecule has 0 fully saturated rings. The molecule has 0 saturated carbocycles. The molecule has 0 aliphatic carbocycles. The lowest BCUT2D eigenvalue weighted by Gasteiger charge is -2.07. The van der Waals surface area contributed by atoms with Crippen LogP contribution in [0.1, 0.15) is 10.4 Å². The summed E-state index contributed by atoms with van der Waals surface area (Å²) in [6.07, 6.45) is 0. The second-order valence-electron chi connectivity index (χ2n) is 3.78. The van der Waals surface area contributed by atoms with Crippen molar-refractivity contribution in [2.24, 2.45) is 0 Å². The Balaban J connectivity index is 2.10. The number of Topliss-reactive ketones (excluding diaryl/α,β-unsaturated/α-hetero) is 1. The van der Waals surface area contributed by atoms with Crippen molar-refractivity contribution >= 4 is 5.78 Å². The van der Waals surface area contributed by atoms with Crippen LogP contribution in [0.5, 0.6) is 5.75 Å². The van der Waals surface area contributed by atoms with Gasteiger partial charge in [-0.15, -0.1) is 0 Å². The van der Waals surface area contributed by atoms with Crippen LogP contribution in [0.25, 0.3) is 0 Å². The summed E-state index contributed by atoms with van der Waals surface area (Å²) < 4.78 is 43.9. The van der Waals surface area contributed by atoms with Gasteiger partial charge < -0.3 is 4.74 Å². The van der Waals surface area contributed by atoms with Gasteiger partial charge in [-0.05, 0) is 0 Å². The summed E-state index contributed by atoms with van der Waals surface area (Å²) in [5.74, 6) is -4.59. The van der Waals surface area contributed by atoms with Gasteiger partial charge in [-0.25, -0.2) is 13.2 Å². The zero-order valence-corrected chi connectivity index (χ0v) is 9.70. The van der Waals surface area contributed by atoms with Crippen molar-refractivity contribution in [3.63, 3.8) is 0 Å². The van der Waals surface area contributed by atoms with E-state index in [-0.39, 0.29) is 0 Å². The minimum Gasteiger partial charge on any atom is -0.479 e. The van der Waals surface area contributed by atoms with Crippen LogP contribution in [-0.4, -0.2) is 12.4 Å². The van der Waals surface area contributed by atoms with Gasteiger partial charge in [-0.1, -0.05) is 30.3 Å². The fraction of sp³-hybridized carbons (Fsp3) is 0.0714. The van der Waals surface area contributed by atoms with Gasteiger partial charge in [-0.2, -0.15) is 0 Å². The fourth-order valence-electron chi connectivity index (χ4n) is 1.51. The molecule has 0 radical (unpaired) electrons. The van der Waals surface area contributed by atoms with Crippen molar-refractivity contribution in [3.8, 4) is 5.75 Å². The van der Waals surface area contributed by atoms with Crippen molar-refractivity contribution in [2.75, 3.05) is 6.61 Å². The van der Waals surface area contributed by atoms with E-state index in [1.165, 1.54) is 0 Å². The Labute approximate surface area is 107 Å². The lowest BCUT2D eigenvalue weighted by atomic mass is 10.1. The van der Waals surface area contributed by atoms with Gasteiger partial charge in [0.2, 0.25) is 0 Å². The van der Waals surface area contributed by atoms with Crippen molar-refractivity contribution < 1.29 is 22.7 Å². The first-order valence-electron chi connectivity index (χ1n) is 5.43. The van der Waals surface area contributed by atoms with Crippen LogP contribution < -0.4 is 4.74 Å². The second kappa shape index (κ2) is 5.56. The van der Waals surface area contributed by atoms with E-state index in [1.807, 2.05) is 0 Å². The lowest BCUT2D eigenvalue weighted by Crippen LogP contribution is -2.13. The van der Waals surface area contributed by atoms with Crippen LogP contribution in [0.4, 0.5) is 13.2 Å². The summed E-state index contributed by atoms with van der Waals surface area (Å²) in [6, 6.07) is 9.15. The van der Waals surface area contributed by atoms with E-state index in [1.54, 1.807) is 30.3 Å². The number of benzene rings is 2. The molecule has 98 valence electrons. The topological polar surface area (TPSA) is 26.3 Å². The fourth-order valence-corrected chi connectivity index (χ4v) is 1.51. The van der Waals surface area contributed by atoms with Crippen molar-refractivity contribution in [3.05, 3.63) is 65.5 Å². The molecule has 0 spiro atoms. The molecule has 19 heavy (non-hydrogen) atoms. The smallest absolute Gasteiger partial charge is 0.200 e. The van der Waals surface area contributed by atoms with E-state index in [2.05, 4.69) is 0 Å². The first-order chi connectivity index (χ1) is 9.08. The molecule has 0 atom stereocenters. The molecule has 2 rings (SSSR count). The van der Waals surface area contributed by atoms with Crippen LogP contribution in [0.3, 0.4) is 0 Å². The van der Waals surface area contributed by atoms with Crippen LogP contribution in [0.15, 0.2) is 42.5 Å². The third kappa shape index (κ3) is 3.13. The minimum absolute atomic E-state index is 0.366. The molecule has 2 nitrogen and oxygen atoms in total. The van der Waals surface area contributed by atoms with Crippen LogP contribution in [0, 0.1) is 17.5 Å². The predicted molar refractivity (Wildman–Crippen MR) is 62.6 cm³/mol. The monoisotopic (exact) mass is 266 g/mol. The Morgan fingerprint density at radius 3 is 2.16 bits per heavy atom. The zero-order chi connectivity index (χ0) is 13.8. The number of ketones is 1. The Kier molecular flexibility index (Phi) is 3.85. The van der Waals surface area contributed by atoms with E-state index < -0.39 is 35.6 Å². The summed E-state index contributed by atoms with van der Waals surface area (Å²) >= 11 is 0. The summed E-state index contributed by atoms with van der Waals surface area (Å²) in [4.78, 5) is 11.7. The highest BCUT2D eigenvalue weighted by Crippen LogP contribution is 2.22. The quantitative estimate of drug-likeness (QED) is 0.793. The highest BCUT2D eigenvalue weighted by Gasteiger charge is 2.15. The molecule has 0 saturated heterocycles. The van der Waals surface area contributed by atoms with E-state index in [0.29, 0.717) is 17.7 Å². The summed E-state index contributed by atoms with van der Waals surface area (Å²) in [5, 5.41) is 0. The maximum absolute atomic E-state index is 13.2. The first kappa shape index (κ1) is 13.1. The van der Waals surface area contributed by atoms with Gasteiger partial charge >= 0.3 is 0 Å². The predicted octanol–water partition coefficient (Wildman–Crippen LogP) is 3.37. The average Bonchev–Trinajstić information content (AvgIpc) is 2.38. The maximum Gasteiger partial charge on any atom is 0.200 e. The summed E-state index contributed by atoms with van der Waals surface area (Å²) in [6.45, 7) is -0.524. The normalized spacial score (nSPS) is 10.3. The van der Waals surface area contributed by atoms with Crippen molar-refractivity contribution in [1.82, 2.24) is 0 Å². The highest BCUT2D eigenvalue weighted by molar-refractivity contribution is 5.97. The molecule has 0 heterocycles. The molecule has 5 heteroatoms. The summed E-state index contributed by atoms with van der Waals surface area (Å²) in [5.41, 5.74) is 0.366. The number of hydrogen-bond donors (Lipinski definition) is 0. The van der Waals surface area contributed by atoms with E-state index in [0.717, 1.165) is 0 Å². The third-order valence-electron chi connectivity index (χ3n) is 2.41. The second-order valence-corrected chi connectivity index (χ2v) is 3.78. The number of halogens is 3. The molecule has 0 aliphatic heterocycles. The molecule has 0 unspecified atom stereocenters. The van der Waals surface area contributed by atoms with Crippen molar-refractivity contribution in [2.45, 2.75) is 0 Å². The highest BCUT2D eigenvalue weighted by atomic mass is 19.1. The van der Waals surface area contributed by atoms with E-state index >= 15 is 0 Å². The number of carbonyl (C=O) groups excluding carboxylic acids is 1. The molecule has 0 aromatic heterocycles. The van der Waals surface area contributed by atoms with Crippen LogP contribution in [-0.2, 0) is 0 Å². The van der Waals surface area contributed by atoms with Gasteiger partial charge in [0, 0.05) is 17.7 Å². The lowest BCUT2D eigenvalue weighted by molar-refractivity contribution is 0.0915. The standard InChI is InChI=1S/C14H9F3O2/c15-10-6-11(16)14(12(17)7-10)19-8-13(18)9-4-2-1-3-5-9/h1-7H,8H2. The van der Waals surface area contributed by atoms with Crippen LogP contribution in [0.2, 0.25) is 0 Å². The zero-order valence-electron chi connectivity index (χ0n) is 9.70. The van der Waals surface area contributed by atoms with Crippen LogP contribution >= 0.6 is 0 Å². The SMILES string of the molecule is O=C(COc1c(F)cc(F)cc1F)c1ccccc1. The number of hydrogen-bond acceptors (Lipinski definition) is 2. The Bertz CT molecular complexity index is 574. The van der Waals surface area contributed by atoms with Gasteiger partial charge in [0.15, 0.2) is 29.8 Å².